The number of hydrogen-bond acceptors (Lipinski definition) is 7. The Kier molecular flexibility index (Phi) is 4.44. The number of carbonyl (C=O) groups excluding carboxylic acids is 1. The number of rotatable bonds is 5. The Morgan fingerprint density at radius 3 is 2.78 bits per heavy atom. The number of thiophene rings is 1. The average Bonchev–Trinajstić information content (AvgIpc) is 3.27. The second-order valence-corrected chi connectivity index (χ2v) is 5.31. The van der Waals surface area contributed by atoms with Crippen LogP contribution in [0, 0.1) is 0 Å². The van der Waals surface area contributed by atoms with Crippen molar-refractivity contribution in [2.24, 2.45) is 5.10 Å². The number of hydrogen-bond donors (Lipinski definition) is 0. The molecule has 0 N–H and O–H groups in total. The van der Waals surface area contributed by atoms with Crippen LogP contribution in [0.1, 0.15) is 15.2 Å². The van der Waals surface area contributed by atoms with Crippen molar-refractivity contribution in [2.75, 3.05) is 7.11 Å². The molecule has 0 saturated heterocycles. The predicted octanol–water partition coefficient (Wildman–Crippen LogP) is 2.45. The highest BCUT2D eigenvalue weighted by molar-refractivity contribution is 7.12. The third-order valence-electron chi connectivity index (χ3n) is 2.86. The molecule has 0 aliphatic rings. The van der Waals surface area contributed by atoms with Gasteiger partial charge in [-0.2, -0.15) is 5.10 Å². The van der Waals surface area contributed by atoms with Crippen molar-refractivity contribution < 1.29 is 14.3 Å². The van der Waals surface area contributed by atoms with Crippen LogP contribution in [-0.4, -0.2) is 34.2 Å². The molecule has 2 aromatic heterocycles. The first-order valence-corrected chi connectivity index (χ1v) is 7.47. The molecule has 8 heteroatoms. The van der Waals surface area contributed by atoms with Gasteiger partial charge in [-0.25, -0.2) is 9.47 Å². The molecule has 0 fully saturated rings. The molecule has 3 rings (SSSR count). The van der Waals surface area contributed by atoms with Crippen molar-refractivity contribution in [3.63, 3.8) is 0 Å². The zero-order valence-electron chi connectivity index (χ0n) is 12.1. The zero-order chi connectivity index (χ0) is 16.1. The summed E-state index contributed by atoms with van der Waals surface area (Å²) in [5, 5.41) is 13.3. The number of benzene rings is 1. The second-order valence-electron chi connectivity index (χ2n) is 4.36. The molecule has 0 saturated carbocycles. The fraction of sp³-hybridized carbons (Fsp3) is 0.0667. The van der Waals surface area contributed by atoms with Crippen LogP contribution in [0.3, 0.4) is 0 Å². The Hall–Kier alpha value is -3.00. The fourth-order valence-electron chi connectivity index (χ4n) is 1.78. The van der Waals surface area contributed by atoms with Gasteiger partial charge in [0.25, 0.3) is 0 Å². The van der Waals surface area contributed by atoms with E-state index in [0.29, 0.717) is 16.4 Å². The van der Waals surface area contributed by atoms with Gasteiger partial charge < -0.3 is 9.47 Å². The Bertz CT molecular complexity index is 813. The lowest BCUT2D eigenvalue weighted by atomic mass is 10.2. The molecule has 7 nitrogen and oxygen atoms in total. The third-order valence-corrected chi connectivity index (χ3v) is 3.71. The molecule has 116 valence electrons. The number of esters is 1. The first-order valence-electron chi connectivity index (χ1n) is 6.59. The summed E-state index contributed by atoms with van der Waals surface area (Å²) in [6, 6.07) is 8.67. The van der Waals surface area contributed by atoms with E-state index in [-0.39, 0.29) is 0 Å². The highest BCUT2D eigenvalue weighted by atomic mass is 32.1. The van der Waals surface area contributed by atoms with E-state index in [2.05, 4.69) is 15.3 Å². The van der Waals surface area contributed by atoms with Gasteiger partial charge in [-0.1, -0.05) is 6.07 Å². The molecule has 0 bridgehead atoms. The quantitative estimate of drug-likeness (QED) is 0.408. The number of nitrogens with zero attached hydrogens (tertiary/aromatic N) is 4. The van der Waals surface area contributed by atoms with Gasteiger partial charge in [0.05, 0.1) is 13.3 Å². The second kappa shape index (κ2) is 6.84. The lowest BCUT2D eigenvalue weighted by Gasteiger charge is -2.09. The summed E-state index contributed by atoms with van der Waals surface area (Å²) < 4.78 is 12.1. The third kappa shape index (κ3) is 3.61. The minimum absolute atomic E-state index is 0.354. The van der Waals surface area contributed by atoms with E-state index in [0.717, 1.165) is 5.56 Å². The predicted molar refractivity (Wildman–Crippen MR) is 85.3 cm³/mol. The van der Waals surface area contributed by atoms with E-state index in [9.17, 15) is 4.79 Å². The molecule has 23 heavy (non-hydrogen) atoms. The first-order chi connectivity index (χ1) is 11.3. The van der Waals surface area contributed by atoms with Crippen LogP contribution in [0.15, 0.2) is 53.5 Å². The summed E-state index contributed by atoms with van der Waals surface area (Å²) in [6.45, 7) is 0. The normalized spacial score (nSPS) is 10.8. The van der Waals surface area contributed by atoms with Gasteiger partial charge in [0.15, 0.2) is 11.5 Å². The molecule has 1 aromatic carbocycles. The van der Waals surface area contributed by atoms with Gasteiger partial charge in [-0.3, -0.25) is 0 Å². The smallest absolute Gasteiger partial charge is 0.353 e. The maximum absolute atomic E-state index is 12.0. The van der Waals surface area contributed by atoms with Crippen LogP contribution in [0.4, 0.5) is 0 Å². The van der Waals surface area contributed by atoms with E-state index >= 15 is 0 Å². The molecule has 0 aliphatic heterocycles. The fourth-order valence-corrected chi connectivity index (χ4v) is 2.38. The Labute approximate surface area is 135 Å². The summed E-state index contributed by atoms with van der Waals surface area (Å²) >= 11 is 1.32. The molecule has 0 amide bonds. The lowest BCUT2D eigenvalue weighted by molar-refractivity contribution is 0.0735. The number of carbonyl (C=O) groups is 1. The Morgan fingerprint density at radius 1 is 1.26 bits per heavy atom. The van der Waals surface area contributed by atoms with Crippen LogP contribution in [-0.2, 0) is 0 Å². The topological polar surface area (TPSA) is 78.6 Å². The van der Waals surface area contributed by atoms with E-state index in [1.165, 1.54) is 35.8 Å². The summed E-state index contributed by atoms with van der Waals surface area (Å²) in [7, 11) is 1.51. The van der Waals surface area contributed by atoms with E-state index in [4.69, 9.17) is 9.47 Å². The summed E-state index contributed by atoms with van der Waals surface area (Å²) in [5.74, 6) is 0.388. The van der Waals surface area contributed by atoms with Crippen LogP contribution >= 0.6 is 11.3 Å². The SMILES string of the molecule is COc1cc(/C=N/n2cnnc2)ccc1OC(=O)c1cccs1. The highest BCUT2D eigenvalue weighted by Gasteiger charge is 2.13. The number of methoxy groups -OCH3 is 1. The molecule has 2 heterocycles. The van der Waals surface area contributed by atoms with Gasteiger partial charge in [-0.15, -0.1) is 21.5 Å². The van der Waals surface area contributed by atoms with Crippen molar-refractivity contribution in [3.8, 4) is 11.5 Å². The van der Waals surface area contributed by atoms with Crippen LogP contribution in [0.2, 0.25) is 0 Å². The first kappa shape index (κ1) is 14.9. The lowest BCUT2D eigenvalue weighted by Crippen LogP contribution is -2.07. The minimum atomic E-state index is -0.413. The van der Waals surface area contributed by atoms with Crippen molar-refractivity contribution >= 4 is 23.5 Å². The van der Waals surface area contributed by atoms with Crippen molar-refractivity contribution in [1.29, 1.82) is 0 Å². The maximum Gasteiger partial charge on any atom is 0.353 e. The largest absolute Gasteiger partial charge is 0.493 e. The Morgan fingerprint density at radius 2 is 2.09 bits per heavy atom. The molecular formula is C15H12N4O3S. The molecule has 0 aliphatic carbocycles. The Balaban J connectivity index is 1.78. The van der Waals surface area contributed by atoms with Crippen LogP contribution < -0.4 is 9.47 Å². The van der Waals surface area contributed by atoms with E-state index in [1.807, 2.05) is 5.38 Å². The van der Waals surface area contributed by atoms with Crippen molar-refractivity contribution in [2.45, 2.75) is 0 Å². The molecule has 0 atom stereocenters. The molecular weight excluding hydrogens is 316 g/mol. The minimum Gasteiger partial charge on any atom is -0.493 e. The molecule has 3 aromatic rings. The standard InChI is InChI=1S/C15H12N4O3S/c1-21-13-7-11(8-18-19-9-16-17-10-19)4-5-12(13)22-15(20)14-3-2-6-23-14/h2-10H,1H3/b18-8+. The van der Waals surface area contributed by atoms with Crippen molar-refractivity contribution in [3.05, 3.63) is 58.8 Å². The summed E-state index contributed by atoms with van der Waals surface area (Å²) in [6.07, 6.45) is 4.58. The van der Waals surface area contributed by atoms with Gasteiger partial charge in [0, 0.05) is 0 Å². The van der Waals surface area contributed by atoms with Gasteiger partial charge in [0.1, 0.15) is 17.5 Å². The summed E-state index contributed by atoms with van der Waals surface area (Å²) in [5.41, 5.74) is 0.784. The van der Waals surface area contributed by atoms with Gasteiger partial charge in [0.2, 0.25) is 0 Å². The van der Waals surface area contributed by atoms with Gasteiger partial charge in [-0.05, 0) is 35.2 Å². The van der Waals surface area contributed by atoms with Gasteiger partial charge >= 0.3 is 5.97 Å². The number of aromatic nitrogens is 3. The molecule has 0 unspecified atom stereocenters. The molecule has 0 radical (unpaired) electrons. The van der Waals surface area contributed by atoms with E-state index < -0.39 is 5.97 Å². The summed E-state index contributed by atoms with van der Waals surface area (Å²) in [4.78, 5) is 12.5. The van der Waals surface area contributed by atoms with Crippen LogP contribution in [0.5, 0.6) is 11.5 Å². The average molecular weight is 328 g/mol. The number of ether oxygens (including phenoxy) is 2. The zero-order valence-corrected chi connectivity index (χ0v) is 12.9. The monoisotopic (exact) mass is 328 g/mol. The van der Waals surface area contributed by atoms with E-state index in [1.54, 1.807) is 36.5 Å². The maximum atomic E-state index is 12.0. The highest BCUT2D eigenvalue weighted by Crippen LogP contribution is 2.28. The molecule has 0 spiro atoms. The van der Waals surface area contributed by atoms with Crippen LogP contribution in [0.25, 0.3) is 0 Å². The van der Waals surface area contributed by atoms with Crippen molar-refractivity contribution in [1.82, 2.24) is 14.9 Å².